The Morgan fingerprint density at radius 1 is 1.35 bits per heavy atom. The Balaban J connectivity index is 1.65. The number of benzene rings is 1. The first kappa shape index (κ1) is 13.6. The molecule has 1 fully saturated rings. The maximum absolute atomic E-state index is 5.90. The summed E-state index contributed by atoms with van der Waals surface area (Å²) in [5.74, 6) is 2.09. The molecule has 0 unspecified atom stereocenters. The lowest BCUT2D eigenvalue weighted by atomic mass is 10.2. The summed E-state index contributed by atoms with van der Waals surface area (Å²) in [7, 11) is 2.06. The van der Waals surface area contributed by atoms with E-state index in [1.165, 1.54) is 18.4 Å². The minimum atomic E-state index is 0.102. The van der Waals surface area contributed by atoms with E-state index in [-0.39, 0.29) is 6.04 Å². The van der Waals surface area contributed by atoms with Gasteiger partial charge in [-0.15, -0.1) is 0 Å². The fraction of sp³-hybridized carbons (Fsp3) is 0.467. The van der Waals surface area contributed by atoms with Gasteiger partial charge in [-0.25, -0.2) is 0 Å². The Morgan fingerprint density at radius 3 is 2.70 bits per heavy atom. The van der Waals surface area contributed by atoms with Crippen LogP contribution in [0.25, 0.3) is 0 Å². The third kappa shape index (κ3) is 3.02. The smallest absolute Gasteiger partial charge is 0.243 e. The molecule has 0 amide bonds. The third-order valence-corrected chi connectivity index (χ3v) is 4.02. The predicted octanol–water partition coefficient (Wildman–Crippen LogP) is 3.79. The van der Waals surface area contributed by atoms with Gasteiger partial charge in [0.15, 0.2) is 5.82 Å². The number of hydrogen-bond donors (Lipinski definition) is 0. The second kappa shape index (κ2) is 5.54. The van der Waals surface area contributed by atoms with Crippen molar-refractivity contribution in [2.45, 2.75) is 38.3 Å². The molecule has 0 spiro atoms. The first-order chi connectivity index (χ1) is 9.63. The number of nitrogens with zero attached hydrogens (tertiary/aromatic N) is 3. The van der Waals surface area contributed by atoms with Crippen molar-refractivity contribution in [1.82, 2.24) is 15.0 Å². The van der Waals surface area contributed by atoms with E-state index in [9.17, 15) is 0 Å². The summed E-state index contributed by atoms with van der Waals surface area (Å²) in [6.45, 7) is 2.90. The molecule has 0 radical (unpaired) electrons. The lowest BCUT2D eigenvalue weighted by Gasteiger charge is -2.21. The van der Waals surface area contributed by atoms with Gasteiger partial charge in [-0.2, -0.15) is 4.98 Å². The molecular formula is C15H18ClN3O. The highest BCUT2D eigenvalue weighted by Gasteiger charge is 2.30. The Bertz CT molecular complexity index is 577. The Labute approximate surface area is 123 Å². The average molecular weight is 292 g/mol. The monoisotopic (exact) mass is 291 g/mol. The average Bonchev–Trinajstić information content (AvgIpc) is 3.18. The molecule has 1 aromatic carbocycles. The van der Waals surface area contributed by atoms with Crippen LogP contribution < -0.4 is 0 Å². The molecule has 0 aliphatic heterocycles. The molecule has 1 heterocycles. The summed E-state index contributed by atoms with van der Waals surface area (Å²) < 4.78 is 5.38. The Hall–Kier alpha value is -1.39. The predicted molar refractivity (Wildman–Crippen MR) is 77.6 cm³/mol. The lowest BCUT2D eigenvalue weighted by Crippen LogP contribution is -2.22. The van der Waals surface area contributed by atoms with Crippen molar-refractivity contribution in [3.05, 3.63) is 46.6 Å². The molecule has 0 N–H and O–H groups in total. The van der Waals surface area contributed by atoms with Crippen LogP contribution in [-0.4, -0.2) is 22.1 Å². The molecular weight excluding hydrogens is 274 g/mol. The molecule has 106 valence electrons. The molecule has 2 aromatic rings. The van der Waals surface area contributed by atoms with Gasteiger partial charge in [0.2, 0.25) is 5.89 Å². The molecule has 1 aliphatic carbocycles. The molecule has 1 atom stereocenters. The first-order valence-electron chi connectivity index (χ1n) is 6.91. The van der Waals surface area contributed by atoms with Crippen molar-refractivity contribution in [2.24, 2.45) is 0 Å². The molecule has 4 nitrogen and oxygen atoms in total. The van der Waals surface area contributed by atoms with Crippen LogP contribution in [0.4, 0.5) is 0 Å². The highest BCUT2D eigenvalue weighted by molar-refractivity contribution is 6.30. The van der Waals surface area contributed by atoms with Gasteiger partial charge in [0, 0.05) is 17.5 Å². The maximum atomic E-state index is 5.90. The van der Waals surface area contributed by atoms with Crippen molar-refractivity contribution in [1.29, 1.82) is 0 Å². The van der Waals surface area contributed by atoms with Crippen LogP contribution in [0.1, 0.15) is 49.0 Å². The summed E-state index contributed by atoms with van der Waals surface area (Å²) in [6, 6.07) is 8.00. The van der Waals surface area contributed by atoms with Gasteiger partial charge in [0.1, 0.15) is 0 Å². The van der Waals surface area contributed by atoms with Gasteiger partial charge in [-0.1, -0.05) is 28.9 Å². The van der Waals surface area contributed by atoms with Crippen molar-refractivity contribution < 1.29 is 4.52 Å². The van der Waals surface area contributed by atoms with Crippen LogP contribution in [0.3, 0.4) is 0 Å². The van der Waals surface area contributed by atoms with E-state index in [4.69, 9.17) is 16.1 Å². The van der Waals surface area contributed by atoms with E-state index in [2.05, 4.69) is 29.0 Å². The van der Waals surface area contributed by atoms with Crippen LogP contribution in [0.5, 0.6) is 0 Å². The van der Waals surface area contributed by atoms with Crippen molar-refractivity contribution in [3.63, 3.8) is 0 Å². The fourth-order valence-corrected chi connectivity index (χ4v) is 2.25. The van der Waals surface area contributed by atoms with Gasteiger partial charge in [0.25, 0.3) is 0 Å². The van der Waals surface area contributed by atoms with E-state index in [0.29, 0.717) is 11.8 Å². The normalized spacial score (nSPS) is 16.6. The second-order valence-corrected chi connectivity index (χ2v) is 5.92. The zero-order chi connectivity index (χ0) is 14.1. The lowest BCUT2D eigenvalue weighted by molar-refractivity contribution is 0.202. The van der Waals surface area contributed by atoms with Crippen molar-refractivity contribution in [3.8, 4) is 0 Å². The summed E-state index contributed by atoms with van der Waals surface area (Å²) in [5, 5.41) is 4.83. The zero-order valence-electron chi connectivity index (χ0n) is 11.7. The summed E-state index contributed by atoms with van der Waals surface area (Å²) in [6.07, 6.45) is 2.38. The van der Waals surface area contributed by atoms with Crippen LogP contribution in [0.2, 0.25) is 5.02 Å². The highest BCUT2D eigenvalue weighted by atomic mass is 35.5. The largest absolute Gasteiger partial charge is 0.338 e. The quantitative estimate of drug-likeness (QED) is 0.840. The summed E-state index contributed by atoms with van der Waals surface area (Å²) in [5.41, 5.74) is 1.21. The summed E-state index contributed by atoms with van der Waals surface area (Å²) >= 11 is 5.90. The van der Waals surface area contributed by atoms with E-state index in [1.807, 2.05) is 24.3 Å². The third-order valence-electron chi connectivity index (χ3n) is 3.76. The number of aromatic nitrogens is 2. The van der Waals surface area contributed by atoms with Crippen LogP contribution in [0.15, 0.2) is 28.8 Å². The topological polar surface area (TPSA) is 42.2 Å². The zero-order valence-corrected chi connectivity index (χ0v) is 12.5. The van der Waals surface area contributed by atoms with Gasteiger partial charge in [0.05, 0.1) is 6.04 Å². The fourth-order valence-electron chi connectivity index (χ4n) is 2.13. The Morgan fingerprint density at radius 2 is 2.05 bits per heavy atom. The van der Waals surface area contributed by atoms with Gasteiger partial charge < -0.3 is 4.52 Å². The van der Waals surface area contributed by atoms with E-state index >= 15 is 0 Å². The molecule has 0 saturated heterocycles. The minimum Gasteiger partial charge on any atom is -0.338 e. The molecule has 1 aromatic heterocycles. The molecule has 1 saturated carbocycles. The van der Waals surface area contributed by atoms with Gasteiger partial charge >= 0.3 is 0 Å². The number of halogens is 1. The molecule has 5 heteroatoms. The molecule has 3 rings (SSSR count). The van der Waals surface area contributed by atoms with E-state index in [0.717, 1.165) is 17.4 Å². The maximum Gasteiger partial charge on any atom is 0.243 e. The van der Waals surface area contributed by atoms with Crippen LogP contribution in [0, 0.1) is 0 Å². The molecule has 20 heavy (non-hydrogen) atoms. The first-order valence-corrected chi connectivity index (χ1v) is 7.29. The van der Waals surface area contributed by atoms with Crippen molar-refractivity contribution >= 4 is 11.6 Å². The number of rotatable bonds is 5. The molecule has 0 bridgehead atoms. The van der Waals surface area contributed by atoms with E-state index in [1.54, 1.807) is 0 Å². The van der Waals surface area contributed by atoms with Crippen LogP contribution >= 0.6 is 11.6 Å². The number of hydrogen-bond acceptors (Lipinski definition) is 4. The van der Waals surface area contributed by atoms with E-state index < -0.39 is 0 Å². The minimum absolute atomic E-state index is 0.102. The van der Waals surface area contributed by atoms with Crippen LogP contribution in [-0.2, 0) is 6.54 Å². The Kier molecular flexibility index (Phi) is 3.76. The van der Waals surface area contributed by atoms with Gasteiger partial charge in [-0.3, -0.25) is 4.90 Å². The second-order valence-electron chi connectivity index (χ2n) is 5.48. The van der Waals surface area contributed by atoms with Crippen molar-refractivity contribution in [2.75, 3.05) is 7.05 Å². The highest BCUT2D eigenvalue weighted by Crippen LogP contribution is 2.38. The summed E-state index contributed by atoms with van der Waals surface area (Å²) in [4.78, 5) is 6.70. The molecule has 1 aliphatic rings. The SMILES string of the molecule is C[C@@H](c1nc(C2CC2)no1)N(C)Cc1ccc(Cl)cc1. The van der Waals surface area contributed by atoms with Gasteiger partial charge in [-0.05, 0) is 44.5 Å². The standard InChI is InChI=1S/C15H18ClN3O/c1-10(15-17-14(18-20-15)12-5-6-12)19(2)9-11-3-7-13(16)8-4-11/h3-4,7-8,10,12H,5-6,9H2,1-2H3/t10-/m0/s1.